The Kier molecular flexibility index (Phi) is 6.28. The molecule has 0 aromatic carbocycles. The third-order valence-electron chi connectivity index (χ3n) is 1.41. The van der Waals surface area contributed by atoms with Crippen LogP contribution in [0.15, 0.2) is 0 Å². The molecule has 0 aliphatic rings. The van der Waals surface area contributed by atoms with E-state index in [0.717, 1.165) is 12.8 Å². The number of Topliss-reactive ketones (excluding diaryl/α,β-unsaturated/α-hetero) is 1. The molecule has 0 aromatic heterocycles. The molecule has 0 rings (SSSR count). The number of unbranched alkanes of at least 4 members (excludes halogenated alkanes) is 1. The second-order valence-corrected chi connectivity index (χ2v) is 2.73. The molecular weight excluding hydrogens is 158 g/mol. The van der Waals surface area contributed by atoms with Crippen molar-refractivity contribution in [2.24, 2.45) is 0 Å². The average molecular weight is 173 g/mol. The van der Waals surface area contributed by atoms with Crippen LogP contribution >= 0.6 is 0 Å². The Morgan fingerprint density at radius 1 is 1.33 bits per heavy atom. The van der Waals surface area contributed by atoms with Crippen molar-refractivity contribution in [3.63, 3.8) is 0 Å². The molecule has 4 nitrogen and oxygen atoms in total. The van der Waals surface area contributed by atoms with E-state index in [1.165, 1.54) is 0 Å². The molecule has 0 radical (unpaired) electrons. The van der Waals surface area contributed by atoms with Gasteiger partial charge in [0.2, 0.25) is 0 Å². The van der Waals surface area contributed by atoms with Crippen molar-refractivity contribution in [2.75, 3.05) is 13.1 Å². The molecule has 0 amide bonds. The standard InChI is InChI=1S/C8H15NO3/c1-7(10)4-2-3-5-9-6-8(11)12/h9H,2-6H2,1H3,(H,11,12). The summed E-state index contributed by atoms with van der Waals surface area (Å²) in [7, 11) is 0. The van der Waals surface area contributed by atoms with Gasteiger partial charge in [-0.1, -0.05) is 0 Å². The fourth-order valence-corrected chi connectivity index (χ4v) is 0.819. The summed E-state index contributed by atoms with van der Waals surface area (Å²) >= 11 is 0. The van der Waals surface area contributed by atoms with Crippen molar-refractivity contribution >= 4 is 11.8 Å². The minimum absolute atomic E-state index is 0.0000709. The Hall–Kier alpha value is -0.900. The van der Waals surface area contributed by atoms with Gasteiger partial charge in [0.05, 0.1) is 6.54 Å². The molecule has 12 heavy (non-hydrogen) atoms. The zero-order valence-electron chi connectivity index (χ0n) is 7.30. The first-order chi connectivity index (χ1) is 5.63. The molecule has 2 N–H and O–H groups in total. The number of nitrogens with one attached hydrogen (secondary N) is 1. The lowest BCUT2D eigenvalue weighted by atomic mass is 10.2. The summed E-state index contributed by atoms with van der Waals surface area (Å²) in [5.74, 6) is -0.658. The molecule has 0 bridgehead atoms. The van der Waals surface area contributed by atoms with Crippen molar-refractivity contribution in [3.05, 3.63) is 0 Å². The average Bonchev–Trinajstić information content (AvgIpc) is 1.95. The number of carbonyl (C=O) groups excluding carboxylic acids is 1. The van der Waals surface area contributed by atoms with Crippen LogP contribution in [0.4, 0.5) is 0 Å². The number of aliphatic carboxylic acids is 1. The highest BCUT2D eigenvalue weighted by Crippen LogP contribution is 1.93. The first kappa shape index (κ1) is 11.1. The number of rotatable bonds is 7. The molecule has 0 unspecified atom stereocenters. The monoisotopic (exact) mass is 173 g/mol. The minimum Gasteiger partial charge on any atom is -0.480 e. The molecule has 4 heteroatoms. The second-order valence-electron chi connectivity index (χ2n) is 2.73. The van der Waals surface area contributed by atoms with Gasteiger partial charge in [-0.25, -0.2) is 0 Å². The van der Waals surface area contributed by atoms with Gasteiger partial charge in [0.1, 0.15) is 5.78 Å². The Labute approximate surface area is 72.0 Å². The predicted octanol–water partition coefficient (Wildman–Crippen LogP) is 0.420. The van der Waals surface area contributed by atoms with Crippen LogP contribution in [0.5, 0.6) is 0 Å². The van der Waals surface area contributed by atoms with E-state index in [9.17, 15) is 9.59 Å². The fourth-order valence-electron chi connectivity index (χ4n) is 0.819. The molecule has 0 saturated carbocycles. The second kappa shape index (κ2) is 6.79. The molecule has 0 atom stereocenters. The van der Waals surface area contributed by atoms with Crippen LogP contribution in [0.3, 0.4) is 0 Å². The molecule has 0 aromatic rings. The predicted molar refractivity (Wildman–Crippen MR) is 45.0 cm³/mol. The topological polar surface area (TPSA) is 66.4 Å². The summed E-state index contributed by atoms with van der Waals surface area (Å²) in [6, 6.07) is 0. The van der Waals surface area contributed by atoms with Crippen molar-refractivity contribution in [2.45, 2.75) is 26.2 Å². The Balaban J connectivity index is 3.01. The van der Waals surface area contributed by atoms with E-state index in [1.807, 2.05) is 0 Å². The zero-order valence-corrected chi connectivity index (χ0v) is 7.30. The van der Waals surface area contributed by atoms with Gasteiger partial charge in [-0.3, -0.25) is 4.79 Å². The SMILES string of the molecule is CC(=O)CCCCNCC(=O)O. The van der Waals surface area contributed by atoms with Crippen molar-refractivity contribution in [3.8, 4) is 0 Å². The number of ketones is 1. The first-order valence-corrected chi connectivity index (χ1v) is 4.05. The number of carboxylic acid groups (broad SMARTS) is 1. The van der Waals surface area contributed by atoms with E-state index in [2.05, 4.69) is 5.32 Å². The van der Waals surface area contributed by atoms with Crippen LogP contribution in [0.25, 0.3) is 0 Å². The lowest BCUT2D eigenvalue weighted by Crippen LogP contribution is -2.23. The number of carboxylic acids is 1. The summed E-state index contributed by atoms with van der Waals surface area (Å²) in [5, 5.41) is 11.0. The quantitative estimate of drug-likeness (QED) is 0.547. The Bertz CT molecular complexity index is 138. The lowest BCUT2D eigenvalue weighted by molar-refractivity contribution is -0.136. The van der Waals surface area contributed by atoms with Crippen LogP contribution in [-0.2, 0) is 9.59 Å². The van der Waals surface area contributed by atoms with Crippen molar-refractivity contribution < 1.29 is 14.7 Å². The molecule has 0 heterocycles. The zero-order chi connectivity index (χ0) is 9.40. The third kappa shape index (κ3) is 9.10. The summed E-state index contributed by atoms with van der Waals surface area (Å²) in [5.41, 5.74) is 0. The highest BCUT2D eigenvalue weighted by atomic mass is 16.4. The van der Waals surface area contributed by atoms with Crippen LogP contribution in [0, 0.1) is 0 Å². The summed E-state index contributed by atoms with van der Waals surface area (Å²) < 4.78 is 0. The van der Waals surface area contributed by atoms with Gasteiger partial charge in [0.15, 0.2) is 0 Å². The van der Waals surface area contributed by atoms with Crippen LogP contribution < -0.4 is 5.32 Å². The number of hydrogen-bond donors (Lipinski definition) is 2. The molecule has 0 fully saturated rings. The van der Waals surface area contributed by atoms with Gasteiger partial charge >= 0.3 is 5.97 Å². The minimum atomic E-state index is -0.846. The lowest BCUT2D eigenvalue weighted by Gasteiger charge is -1.99. The van der Waals surface area contributed by atoms with E-state index in [-0.39, 0.29) is 12.3 Å². The molecule has 0 spiro atoms. The first-order valence-electron chi connectivity index (χ1n) is 4.05. The molecule has 70 valence electrons. The maximum absolute atomic E-state index is 10.5. The molecule has 0 aliphatic carbocycles. The van der Waals surface area contributed by atoms with E-state index in [0.29, 0.717) is 13.0 Å². The normalized spacial score (nSPS) is 9.75. The van der Waals surface area contributed by atoms with Gasteiger partial charge < -0.3 is 15.2 Å². The van der Waals surface area contributed by atoms with E-state index in [4.69, 9.17) is 5.11 Å². The van der Waals surface area contributed by atoms with Crippen LogP contribution in [-0.4, -0.2) is 29.9 Å². The third-order valence-corrected chi connectivity index (χ3v) is 1.41. The number of carbonyl (C=O) groups is 2. The van der Waals surface area contributed by atoms with Gasteiger partial charge in [-0.15, -0.1) is 0 Å². The van der Waals surface area contributed by atoms with Gasteiger partial charge in [-0.2, -0.15) is 0 Å². The van der Waals surface area contributed by atoms with Gasteiger partial charge in [0.25, 0.3) is 0 Å². The molecular formula is C8H15NO3. The van der Waals surface area contributed by atoms with Crippen molar-refractivity contribution in [1.82, 2.24) is 5.32 Å². The fraction of sp³-hybridized carbons (Fsp3) is 0.750. The highest BCUT2D eigenvalue weighted by molar-refractivity contribution is 5.75. The Morgan fingerprint density at radius 2 is 2.00 bits per heavy atom. The Morgan fingerprint density at radius 3 is 2.50 bits per heavy atom. The molecule has 0 saturated heterocycles. The summed E-state index contributed by atoms with van der Waals surface area (Å²) in [4.78, 5) is 20.5. The van der Waals surface area contributed by atoms with Gasteiger partial charge in [0, 0.05) is 6.42 Å². The molecule has 0 aliphatic heterocycles. The van der Waals surface area contributed by atoms with Crippen LogP contribution in [0.1, 0.15) is 26.2 Å². The van der Waals surface area contributed by atoms with E-state index < -0.39 is 5.97 Å². The van der Waals surface area contributed by atoms with E-state index in [1.54, 1.807) is 6.92 Å². The van der Waals surface area contributed by atoms with E-state index >= 15 is 0 Å². The number of hydrogen-bond acceptors (Lipinski definition) is 3. The smallest absolute Gasteiger partial charge is 0.317 e. The largest absolute Gasteiger partial charge is 0.480 e. The summed E-state index contributed by atoms with van der Waals surface area (Å²) in [6.45, 7) is 2.23. The van der Waals surface area contributed by atoms with Crippen LogP contribution in [0.2, 0.25) is 0 Å². The van der Waals surface area contributed by atoms with Gasteiger partial charge in [-0.05, 0) is 26.3 Å². The maximum Gasteiger partial charge on any atom is 0.317 e. The maximum atomic E-state index is 10.5. The highest BCUT2D eigenvalue weighted by Gasteiger charge is 1.95. The van der Waals surface area contributed by atoms with Crippen molar-refractivity contribution in [1.29, 1.82) is 0 Å². The summed E-state index contributed by atoms with van der Waals surface area (Å²) in [6.07, 6.45) is 2.28.